The van der Waals surface area contributed by atoms with E-state index >= 15 is 0 Å². The van der Waals surface area contributed by atoms with Crippen molar-refractivity contribution in [2.75, 3.05) is 20.3 Å². The van der Waals surface area contributed by atoms with Crippen molar-refractivity contribution in [2.24, 2.45) is 0 Å². The van der Waals surface area contributed by atoms with Crippen molar-refractivity contribution >= 4 is 21.6 Å². The molecule has 0 saturated carbocycles. The highest BCUT2D eigenvalue weighted by Gasteiger charge is 2.15. The van der Waals surface area contributed by atoms with Gasteiger partial charge in [0.05, 0.1) is 11.5 Å². The van der Waals surface area contributed by atoms with Gasteiger partial charge in [0, 0.05) is 18.5 Å². The Bertz CT molecular complexity index is 370. The van der Waals surface area contributed by atoms with Crippen LogP contribution in [0.15, 0.2) is 18.2 Å². The molecule has 0 aliphatic rings. The molecule has 0 saturated heterocycles. The summed E-state index contributed by atoms with van der Waals surface area (Å²) in [5.41, 5.74) is 0.818. The lowest BCUT2D eigenvalue weighted by Gasteiger charge is -2.06. The summed E-state index contributed by atoms with van der Waals surface area (Å²) in [5, 5.41) is 11.4. The second-order valence-electron chi connectivity index (χ2n) is 3.03. The molecule has 6 heteroatoms. The summed E-state index contributed by atoms with van der Waals surface area (Å²) < 4.78 is 10.1. The van der Waals surface area contributed by atoms with Crippen molar-refractivity contribution in [3.8, 4) is 5.75 Å². The standard InChI is InChI=1S/C10H12BrNO4/c1-15-4-5-16-10-3-2-8(7-11)6-9(10)12(13)14/h2-3,6H,4-5,7H2,1H3. The summed E-state index contributed by atoms with van der Waals surface area (Å²) in [6, 6.07) is 4.88. The number of rotatable bonds is 6. The molecule has 5 nitrogen and oxygen atoms in total. The number of nitro groups is 1. The molecule has 0 heterocycles. The van der Waals surface area contributed by atoms with Crippen LogP contribution in [-0.4, -0.2) is 25.2 Å². The van der Waals surface area contributed by atoms with Gasteiger partial charge in [0.25, 0.3) is 0 Å². The first-order chi connectivity index (χ1) is 7.69. The van der Waals surface area contributed by atoms with Crippen LogP contribution < -0.4 is 4.74 Å². The van der Waals surface area contributed by atoms with Crippen molar-refractivity contribution in [1.82, 2.24) is 0 Å². The van der Waals surface area contributed by atoms with Gasteiger partial charge in [0.1, 0.15) is 6.61 Å². The molecular weight excluding hydrogens is 278 g/mol. The van der Waals surface area contributed by atoms with Crippen molar-refractivity contribution < 1.29 is 14.4 Å². The van der Waals surface area contributed by atoms with Crippen LogP contribution >= 0.6 is 15.9 Å². The number of alkyl halides is 1. The Morgan fingerprint density at radius 2 is 2.19 bits per heavy atom. The molecule has 0 aliphatic heterocycles. The summed E-state index contributed by atoms with van der Waals surface area (Å²) in [4.78, 5) is 10.4. The van der Waals surface area contributed by atoms with Crippen molar-refractivity contribution in [3.63, 3.8) is 0 Å². The van der Waals surface area contributed by atoms with E-state index in [-0.39, 0.29) is 11.4 Å². The first-order valence-corrected chi connectivity index (χ1v) is 5.76. The van der Waals surface area contributed by atoms with Crippen LogP contribution in [0.4, 0.5) is 5.69 Å². The molecule has 1 rings (SSSR count). The van der Waals surface area contributed by atoms with Gasteiger partial charge in [-0.3, -0.25) is 10.1 Å². The Hall–Kier alpha value is -1.14. The molecule has 16 heavy (non-hydrogen) atoms. The summed E-state index contributed by atoms with van der Waals surface area (Å²) >= 11 is 3.25. The van der Waals surface area contributed by atoms with Gasteiger partial charge in [-0.1, -0.05) is 22.0 Å². The van der Waals surface area contributed by atoms with Gasteiger partial charge in [0.15, 0.2) is 5.75 Å². The molecule has 0 fully saturated rings. The van der Waals surface area contributed by atoms with Gasteiger partial charge in [-0.05, 0) is 11.6 Å². The Balaban J connectivity index is 2.85. The van der Waals surface area contributed by atoms with E-state index in [1.165, 1.54) is 6.07 Å². The molecule has 0 radical (unpaired) electrons. The van der Waals surface area contributed by atoms with E-state index < -0.39 is 4.92 Å². The lowest BCUT2D eigenvalue weighted by Crippen LogP contribution is -2.06. The van der Waals surface area contributed by atoms with E-state index in [9.17, 15) is 10.1 Å². The van der Waals surface area contributed by atoms with E-state index in [1.807, 2.05) is 0 Å². The van der Waals surface area contributed by atoms with Gasteiger partial charge in [0.2, 0.25) is 0 Å². The Kier molecular flexibility index (Phi) is 5.21. The minimum Gasteiger partial charge on any atom is -0.484 e. The first-order valence-electron chi connectivity index (χ1n) is 4.64. The largest absolute Gasteiger partial charge is 0.484 e. The van der Waals surface area contributed by atoms with E-state index in [2.05, 4.69) is 15.9 Å². The van der Waals surface area contributed by atoms with Crippen molar-refractivity contribution in [3.05, 3.63) is 33.9 Å². The Morgan fingerprint density at radius 1 is 1.44 bits per heavy atom. The Labute approximate surface area is 102 Å². The second kappa shape index (κ2) is 6.44. The van der Waals surface area contributed by atoms with Crippen LogP contribution in [0.1, 0.15) is 5.56 Å². The van der Waals surface area contributed by atoms with Gasteiger partial charge in [-0.2, -0.15) is 0 Å². The van der Waals surface area contributed by atoms with E-state index in [0.717, 1.165) is 5.56 Å². The fourth-order valence-electron chi connectivity index (χ4n) is 1.15. The molecular formula is C10H12BrNO4. The summed E-state index contributed by atoms with van der Waals surface area (Å²) in [5.74, 6) is 0.270. The van der Waals surface area contributed by atoms with E-state index in [0.29, 0.717) is 18.5 Å². The Morgan fingerprint density at radius 3 is 2.75 bits per heavy atom. The average molecular weight is 290 g/mol. The zero-order valence-corrected chi connectivity index (χ0v) is 10.4. The lowest BCUT2D eigenvalue weighted by atomic mass is 10.2. The van der Waals surface area contributed by atoms with Crippen molar-refractivity contribution in [2.45, 2.75) is 5.33 Å². The molecule has 0 amide bonds. The van der Waals surface area contributed by atoms with Crippen LogP contribution in [0.25, 0.3) is 0 Å². The number of methoxy groups -OCH3 is 1. The molecule has 0 unspecified atom stereocenters. The minimum atomic E-state index is -0.450. The quantitative estimate of drug-likeness (QED) is 0.349. The van der Waals surface area contributed by atoms with Crippen LogP contribution in [0.2, 0.25) is 0 Å². The monoisotopic (exact) mass is 289 g/mol. The maximum absolute atomic E-state index is 10.8. The predicted molar refractivity (Wildman–Crippen MR) is 63.1 cm³/mol. The maximum atomic E-state index is 10.8. The number of nitrogens with zero attached hydrogens (tertiary/aromatic N) is 1. The third kappa shape index (κ3) is 3.46. The number of hydrogen-bond donors (Lipinski definition) is 0. The first kappa shape index (κ1) is 12.9. The summed E-state index contributed by atoms with van der Waals surface area (Å²) in [6.07, 6.45) is 0. The fourth-order valence-corrected chi connectivity index (χ4v) is 1.49. The van der Waals surface area contributed by atoms with E-state index in [1.54, 1.807) is 19.2 Å². The smallest absolute Gasteiger partial charge is 0.311 e. The number of ether oxygens (including phenoxy) is 2. The highest BCUT2D eigenvalue weighted by atomic mass is 79.9. The number of hydrogen-bond acceptors (Lipinski definition) is 4. The number of benzene rings is 1. The summed E-state index contributed by atoms with van der Waals surface area (Å²) in [6.45, 7) is 0.697. The maximum Gasteiger partial charge on any atom is 0.311 e. The number of nitro benzene ring substituents is 1. The van der Waals surface area contributed by atoms with E-state index in [4.69, 9.17) is 9.47 Å². The molecule has 1 aromatic carbocycles. The van der Waals surface area contributed by atoms with Crippen LogP contribution in [-0.2, 0) is 10.1 Å². The molecule has 0 atom stereocenters. The van der Waals surface area contributed by atoms with Crippen LogP contribution in [0, 0.1) is 10.1 Å². The molecule has 0 aliphatic carbocycles. The van der Waals surface area contributed by atoms with Crippen molar-refractivity contribution in [1.29, 1.82) is 0 Å². The lowest BCUT2D eigenvalue weighted by molar-refractivity contribution is -0.385. The molecule has 0 N–H and O–H groups in total. The molecule has 1 aromatic rings. The SMILES string of the molecule is COCCOc1ccc(CBr)cc1[N+](=O)[O-]. The fraction of sp³-hybridized carbons (Fsp3) is 0.400. The molecule has 0 aromatic heterocycles. The molecule has 0 spiro atoms. The van der Waals surface area contributed by atoms with Crippen LogP contribution in [0.5, 0.6) is 5.75 Å². The topological polar surface area (TPSA) is 61.6 Å². The van der Waals surface area contributed by atoms with Gasteiger partial charge < -0.3 is 9.47 Å². The third-order valence-electron chi connectivity index (χ3n) is 1.92. The zero-order chi connectivity index (χ0) is 12.0. The van der Waals surface area contributed by atoms with Crippen LogP contribution in [0.3, 0.4) is 0 Å². The molecule has 0 bridgehead atoms. The number of halogens is 1. The highest BCUT2D eigenvalue weighted by Crippen LogP contribution is 2.28. The van der Waals surface area contributed by atoms with Gasteiger partial charge in [-0.25, -0.2) is 0 Å². The minimum absolute atomic E-state index is 0.0203. The summed E-state index contributed by atoms with van der Waals surface area (Å²) in [7, 11) is 1.55. The normalized spacial score (nSPS) is 10.1. The average Bonchev–Trinajstić information content (AvgIpc) is 2.29. The zero-order valence-electron chi connectivity index (χ0n) is 8.81. The van der Waals surface area contributed by atoms with Gasteiger partial charge in [-0.15, -0.1) is 0 Å². The predicted octanol–water partition coefficient (Wildman–Crippen LogP) is 2.51. The highest BCUT2D eigenvalue weighted by molar-refractivity contribution is 9.08. The third-order valence-corrected chi connectivity index (χ3v) is 2.57. The molecule has 88 valence electrons. The van der Waals surface area contributed by atoms with Gasteiger partial charge >= 0.3 is 5.69 Å². The second-order valence-corrected chi connectivity index (χ2v) is 3.59.